The average molecular weight is 462 g/mol. The van der Waals surface area contributed by atoms with E-state index in [1.54, 1.807) is 48.5 Å². The van der Waals surface area contributed by atoms with Crippen molar-refractivity contribution in [3.63, 3.8) is 0 Å². The van der Waals surface area contributed by atoms with Gasteiger partial charge in [0, 0.05) is 11.3 Å². The molecule has 3 aromatic carbocycles. The van der Waals surface area contributed by atoms with Gasteiger partial charge in [-0.1, -0.05) is 44.2 Å². The number of rotatable bonds is 5. The van der Waals surface area contributed by atoms with Crippen LogP contribution < -0.4 is 5.32 Å². The molecule has 33 heavy (non-hydrogen) atoms. The molecule has 0 spiro atoms. The van der Waals surface area contributed by atoms with E-state index in [4.69, 9.17) is 5.11 Å². The lowest BCUT2D eigenvalue weighted by atomic mass is 9.76. The van der Waals surface area contributed by atoms with Crippen molar-refractivity contribution < 1.29 is 23.1 Å². The molecular weight excluding hydrogens is 438 g/mol. The molecule has 6 nitrogen and oxygen atoms in total. The fourth-order valence-electron chi connectivity index (χ4n) is 3.93. The fraction of sp³-hybridized carbons (Fsp3) is 0.154. The van der Waals surface area contributed by atoms with Gasteiger partial charge in [0.2, 0.25) is 9.84 Å². The first kappa shape index (κ1) is 22.5. The molecule has 0 aliphatic heterocycles. The molecule has 0 saturated carbocycles. The lowest BCUT2D eigenvalue weighted by Crippen LogP contribution is -2.24. The monoisotopic (exact) mass is 461 g/mol. The zero-order valence-electron chi connectivity index (χ0n) is 18.2. The number of benzene rings is 3. The van der Waals surface area contributed by atoms with Crippen molar-refractivity contribution >= 4 is 32.3 Å². The molecule has 0 fully saturated rings. The minimum Gasteiger partial charge on any atom is -0.478 e. The van der Waals surface area contributed by atoms with E-state index >= 15 is 0 Å². The minimum absolute atomic E-state index is 0.0865. The molecule has 168 valence electrons. The quantitative estimate of drug-likeness (QED) is 0.548. The van der Waals surface area contributed by atoms with Gasteiger partial charge in [-0.2, -0.15) is 0 Å². The van der Waals surface area contributed by atoms with Crippen molar-refractivity contribution in [1.82, 2.24) is 0 Å². The van der Waals surface area contributed by atoms with Gasteiger partial charge in [0.1, 0.15) is 0 Å². The van der Waals surface area contributed by atoms with Crippen LogP contribution in [-0.4, -0.2) is 25.4 Å². The van der Waals surface area contributed by atoms with E-state index < -0.39 is 21.7 Å². The zero-order chi connectivity index (χ0) is 23.8. The van der Waals surface area contributed by atoms with Crippen LogP contribution in [-0.2, 0) is 15.3 Å². The molecule has 2 N–H and O–H groups in total. The molecule has 0 unspecified atom stereocenters. The largest absolute Gasteiger partial charge is 0.478 e. The summed E-state index contributed by atoms with van der Waals surface area (Å²) in [7, 11) is -3.74. The minimum atomic E-state index is -3.74. The molecule has 1 amide bonds. The first-order valence-corrected chi connectivity index (χ1v) is 11.9. The van der Waals surface area contributed by atoms with E-state index in [2.05, 4.69) is 19.2 Å². The van der Waals surface area contributed by atoms with Crippen molar-refractivity contribution in [2.24, 2.45) is 0 Å². The summed E-state index contributed by atoms with van der Waals surface area (Å²) in [4.78, 5) is 24.2. The maximum absolute atomic E-state index is 13.4. The second kappa shape index (κ2) is 8.33. The number of hydrogen-bond donors (Lipinski definition) is 2. The predicted octanol–water partition coefficient (Wildman–Crippen LogP) is 5.13. The highest BCUT2D eigenvalue weighted by Gasteiger charge is 2.34. The summed E-state index contributed by atoms with van der Waals surface area (Å²) >= 11 is 0. The van der Waals surface area contributed by atoms with Gasteiger partial charge in [-0.15, -0.1) is 0 Å². The van der Waals surface area contributed by atoms with E-state index in [-0.39, 0.29) is 20.8 Å². The molecule has 1 aliphatic carbocycles. The number of amides is 1. The molecule has 0 bridgehead atoms. The molecule has 0 saturated heterocycles. The number of sulfone groups is 1. The van der Waals surface area contributed by atoms with Crippen molar-refractivity contribution in [2.45, 2.75) is 30.6 Å². The van der Waals surface area contributed by atoms with E-state index in [0.717, 1.165) is 5.56 Å². The lowest BCUT2D eigenvalue weighted by molar-refractivity contribution is 0.0696. The molecule has 0 heterocycles. The second-order valence-electron chi connectivity index (χ2n) is 8.57. The van der Waals surface area contributed by atoms with Gasteiger partial charge in [-0.05, 0) is 71.5 Å². The average Bonchev–Trinajstić information content (AvgIpc) is 2.79. The van der Waals surface area contributed by atoms with Crippen LogP contribution >= 0.6 is 0 Å². The van der Waals surface area contributed by atoms with Crippen LogP contribution in [0.3, 0.4) is 0 Å². The molecule has 0 radical (unpaired) electrons. The Morgan fingerprint density at radius 3 is 2.18 bits per heavy atom. The molecule has 0 aromatic heterocycles. The fourth-order valence-corrected chi connectivity index (χ4v) is 5.46. The number of allylic oxidation sites excluding steroid dienone is 1. The second-order valence-corrected chi connectivity index (χ2v) is 10.5. The summed E-state index contributed by atoms with van der Waals surface area (Å²) in [5.74, 6) is -1.49. The van der Waals surface area contributed by atoms with Crippen molar-refractivity contribution in [1.29, 1.82) is 0 Å². The van der Waals surface area contributed by atoms with Crippen LogP contribution in [0.4, 0.5) is 5.69 Å². The Morgan fingerprint density at radius 1 is 0.909 bits per heavy atom. The SMILES string of the molecule is CC1(C)CC=C(S(=O)(=O)c2ccccc2)c2cc(NC(=O)c3ccc(C(=O)O)cc3)ccc21. The van der Waals surface area contributed by atoms with Crippen molar-refractivity contribution in [3.8, 4) is 0 Å². The number of hydrogen-bond acceptors (Lipinski definition) is 4. The summed E-state index contributed by atoms with van der Waals surface area (Å²) in [5.41, 5.74) is 2.03. The lowest BCUT2D eigenvalue weighted by Gasteiger charge is -2.32. The molecule has 4 rings (SSSR count). The third kappa shape index (κ3) is 4.32. The number of carbonyl (C=O) groups is 2. The highest BCUT2D eigenvalue weighted by atomic mass is 32.2. The molecule has 3 aromatic rings. The van der Waals surface area contributed by atoms with Crippen LogP contribution in [0.2, 0.25) is 0 Å². The van der Waals surface area contributed by atoms with Gasteiger partial charge in [0.05, 0.1) is 15.4 Å². The number of carboxylic acid groups (broad SMARTS) is 1. The Bertz CT molecular complexity index is 1370. The van der Waals surface area contributed by atoms with Crippen LogP contribution in [0.1, 0.15) is 52.1 Å². The van der Waals surface area contributed by atoms with Gasteiger partial charge >= 0.3 is 5.97 Å². The van der Waals surface area contributed by atoms with Gasteiger partial charge in [0.15, 0.2) is 0 Å². The van der Waals surface area contributed by atoms with Crippen LogP contribution in [0, 0.1) is 0 Å². The predicted molar refractivity (Wildman–Crippen MR) is 127 cm³/mol. The Kier molecular flexibility index (Phi) is 5.68. The Hall–Kier alpha value is -3.71. The number of carboxylic acids is 1. The number of anilines is 1. The first-order valence-electron chi connectivity index (χ1n) is 10.4. The number of fused-ring (bicyclic) bond motifs is 1. The first-order chi connectivity index (χ1) is 15.6. The summed E-state index contributed by atoms with van der Waals surface area (Å²) in [5, 5.41) is 11.8. The maximum Gasteiger partial charge on any atom is 0.335 e. The third-order valence-corrected chi connectivity index (χ3v) is 7.67. The van der Waals surface area contributed by atoms with Crippen LogP contribution in [0.25, 0.3) is 4.91 Å². The Morgan fingerprint density at radius 2 is 1.55 bits per heavy atom. The number of carbonyl (C=O) groups excluding carboxylic acids is 1. The van der Waals surface area contributed by atoms with Crippen molar-refractivity contribution in [3.05, 3.63) is 101 Å². The van der Waals surface area contributed by atoms with E-state index in [1.807, 2.05) is 6.07 Å². The van der Waals surface area contributed by atoms with Gasteiger partial charge in [-0.25, -0.2) is 13.2 Å². The molecule has 1 aliphatic rings. The van der Waals surface area contributed by atoms with Gasteiger partial charge in [0.25, 0.3) is 5.91 Å². The Balaban J connectivity index is 1.70. The standard InChI is InChI=1S/C26H23NO5S/c1-26(2)15-14-23(33(31,32)20-6-4-3-5-7-20)21-16-19(12-13-22(21)26)27-24(28)17-8-10-18(11-9-17)25(29)30/h3-14,16H,15H2,1-2H3,(H,27,28)(H,29,30). The zero-order valence-corrected chi connectivity index (χ0v) is 19.0. The van der Waals surface area contributed by atoms with Crippen LogP contribution in [0.5, 0.6) is 0 Å². The van der Waals surface area contributed by atoms with Crippen LogP contribution in [0.15, 0.2) is 83.8 Å². The molecule has 0 atom stereocenters. The van der Waals surface area contributed by atoms with E-state index in [0.29, 0.717) is 23.2 Å². The smallest absolute Gasteiger partial charge is 0.335 e. The Labute approximate surface area is 192 Å². The highest BCUT2D eigenvalue weighted by Crippen LogP contribution is 2.43. The highest BCUT2D eigenvalue weighted by molar-refractivity contribution is 8.00. The molecular formula is C26H23NO5S. The van der Waals surface area contributed by atoms with Crippen molar-refractivity contribution in [2.75, 3.05) is 5.32 Å². The topological polar surface area (TPSA) is 101 Å². The number of aromatic carboxylic acids is 1. The summed E-state index contributed by atoms with van der Waals surface area (Å²) in [6.07, 6.45) is 2.32. The van der Waals surface area contributed by atoms with E-state index in [9.17, 15) is 18.0 Å². The van der Waals surface area contributed by atoms with Gasteiger partial charge in [-0.3, -0.25) is 4.79 Å². The van der Waals surface area contributed by atoms with E-state index in [1.165, 1.54) is 24.3 Å². The van der Waals surface area contributed by atoms with Gasteiger partial charge < -0.3 is 10.4 Å². The maximum atomic E-state index is 13.4. The normalized spacial score (nSPS) is 14.7. The third-order valence-electron chi connectivity index (χ3n) is 5.81. The summed E-state index contributed by atoms with van der Waals surface area (Å²) < 4.78 is 26.8. The summed E-state index contributed by atoms with van der Waals surface area (Å²) in [6.45, 7) is 4.10. The number of nitrogens with one attached hydrogen (secondary N) is 1. The molecule has 7 heteroatoms. The summed E-state index contributed by atoms with van der Waals surface area (Å²) in [6, 6.07) is 19.2.